The van der Waals surface area contributed by atoms with E-state index in [0.717, 1.165) is 52.8 Å². The average molecular weight is 394 g/mol. The number of ether oxygens (including phenoxy) is 2. The maximum Gasteiger partial charge on any atom is 0.311 e. The Morgan fingerprint density at radius 2 is 1.93 bits per heavy atom. The summed E-state index contributed by atoms with van der Waals surface area (Å²) >= 11 is 0. The number of aromatic nitrogens is 4. The van der Waals surface area contributed by atoms with Crippen molar-refractivity contribution in [2.45, 2.75) is 46.1 Å². The summed E-state index contributed by atoms with van der Waals surface area (Å²) in [7, 11) is 1.67. The lowest BCUT2D eigenvalue weighted by molar-refractivity contribution is -0.134. The van der Waals surface area contributed by atoms with Gasteiger partial charge in [-0.25, -0.2) is 9.97 Å². The van der Waals surface area contributed by atoms with Crippen molar-refractivity contribution in [1.29, 1.82) is 0 Å². The molecule has 29 heavy (non-hydrogen) atoms. The first-order valence-corrected chi connectivity index (χ1v) is 10.2. The second kappa shape index (κ2) is 8.21. The number of carbonyl (C=O) groups is 1. The Hall–Kier alpha value is -2.93. The lowest BCUT2D eigenvalue weighted by atomic mass is 10.2. The Labute approximate surface area is 169 Å². The molecule has 4 aromatic rings. The van der Waals surface area contributed by atoms with Crippen LogP contribution in [-0.4, -0.2) is 38.6 Å². The van der Waals surface area contributed by atoms with Crippen molar-refractivity contribution in [2.75, 3.05) is 13.7 Å². The van der Waals surface area contributed by atoms with Crippen LogP contribution in [0.3, 0.4) is 0 Å². The van der Waals surface area contributed by atoms with Crippen LogP contribution in [0.4, 0.5) is 0 Å². The quantitative estimate of drug-likeness (QED) is 0.420. The van der Waals surface area contributed by atoms with Crippen LogP contribution in [0.2, 0.25) is 0 Å². The zero-order valence-electron chi connectivity index (χ0n) is 17.1. The van der Waals surface area contributed by atoms with Crippen molar-refractivity contribution in [2.24, 2.45) is 0 Å². The minimum Gasteiger partial charge on any atom is -0.424 e. The Morgan fingerprint density at radius 1 is 1.10 bits per heavy atom. The molecule has 7 heteroatoms. The molecule has 0 amide bonds. The second-order valence-electron chi connectivity index (χ2n) is 7.14. The molecule has 3 aromatic heterocycles. The topological polar surface area (TPSA) is 70.7 Å². The fourth-order valence-corrected chi connectivity index (χ4v) is 3.69. The second-order valence-corrected chi connectivity index (χ2v) is 7.14. The van der Waals surface area contributed by atoms with Crippen LogP contribution < -0.4 is 4.74 Å². The average Bonchev–Trinajstić information content (AvgIpc) is 3.25. The molecule has 152 valence electrons. The molecule has 0 aliphatic rings. The van der Waals surface area contributed by atoms with E-state index in [1.54, 1.807) is 7.11 Å². The highest BCUT2D eigenvalue weighted by atomic mass is 16.5. The number of benzene rings is 1. The normalized spacial score (nSPS) is 11.7. The number of hydrogen-bond donors (Lipinski definition) is 0. The largest absolute Gasteiger partial charge is 0.424 e. The summed E-state index contributed by atoms with van der Waals surface area (Å²) in [6.07, 6.45) is 4.76. The van der Waals surface area contributed by atoms with Gasteiger partial charge in [-0.1, -0.05) is 26.0 Å². The number of rotatable bonds is 8. The van der Waals surface area contributed by atoms with Crippen molar-refractivity contribution in [3.8, 4) is 5.75 Å². The third kappa shape index (κ3) is 3.46. The molecule has 1 aromatic carbocycles. The molecule has 3 heterocycles. The van der Waals surface area contributed by atoms with E-state index in [1.807, 2.05) is 42.0 Å². The highest BCUT2D eigenvalue weighted by Gasteiger charge is 2.22. The smallest absolute Gasteiger partial charge is 0.311 e. The molecule has 0 N–H and O–H groups in total. The van der Waals surface area contributed by atoms with Crippen molar-refractivity contribution in [3.05, 3.63) is 36.3 Å². The lowest BCUT2D eigenvalue weighted by Gasteiger charge is -2.09. The summed E-state index contributed by atoms with van der Waals surface area (Å²) in [6, 6.07) is 8.02. The summed E-state index contributed by atoms with van der Waals surface area (Å²) in [5.74, 6) is 1.21. The number of aryl methyl sites for hydroxylation is 1. The minimum absolute atomic E-state index is 0.245. The summed E-state index contributed by atoms with van der Waals surface area (Å²) < 4.78 is 15.1. The molecule has 0 saturated carbocycles. The number of methoxy groups -OCH3 is 1. The van der Waals surface area contributed by atoms with Gasteiger partial charge in [-0.05, 0) is 25.0 Å². The van der Waals surface area contributed by atoms with Gasteiger partial charge in [0, 0.05) is 32.7 Å². The standard InChI is InChI=1S/C22H26N4O3/c1-4-8-18-24-21-20(22-23-15-10-6-7-11-16(15)26(18)22)17(29-19(27)9-5-2)14-25(21)12-13-28-3/h6-7,10-11,14H,4-5,8-9,12-13H2,1-3H3. The van der Waals surface area contributed by atoms with Crippen molar-refractivity contribution in [3.63, 3.8) is 0 Å². The van der Waals surface area contributed by atoms with Crippen LogP contribution in [0.15, 0.2) is 30.5 Å². The van der Waals surface area contributed by atoms with Gasteiger partial charge in [0.25, 0.3) is 0 Å². The van der Waals surface area contributed by atoms with Crippen molar-refractivity contribution >= 4 is 33.7 Å². The van der Waals surface area contributed by atoms with Crippen molar-refractivity contribution in [1.82, 2.24) is 18.9 Å². The molecule has 7 nitrogen and oxygen atoms in total. The van der Waals surface area contributed by atoms with E-state index in [0.29, 0.717) is 25.3 Å². The van der Waals surface area contributed by atoms with Gasteiger partial charge in [-0.2, -0.15) is 0 Å². The van der Waals surface area contributed by atoms with Crippen LogP contribution in [0.5, 0.6) is 5.75 Å². The Balaban J connectivity index is 2.03. The van der Waals surface area contributed by atoms with E-state index in [-0.39, 0.29) is 5.97 Å². The van der Waals surface area contributed by atoms with Crippen molar-refractivity contribution < 1.29 is 14.3 Å². The van der Waals surface area contributed by atoms with Crippen LogP contribution in [0, 0.1) is 0 Å². The van der Waals surface area contributed by atoms with Gasteiger partial charge in [-0.15, -0.1) is 0 Å². The minimum atomic E-state index is -0.245. The Morgan fingerprint density at radius 3 is 2.69 bits per heavy atom. The number of hydrogen-bond acceptors (Lipinski definition) is 5. The molecular weight excluding hydrogens is 368 g/mol. The number of esters is 1. The number of fused-ring (bicyclic) bond motifs is 5. The van der Waals surface area contributed by atoms with Crippen LogP contribution >= 0.6 is 0 Å². The molecule has 0 fully saturated rings. The van der Waals surface area contributed by atoms with Gasteiger partial charge in [0.2, 0.25) is 0 Å². The van der Waals surface area contributed by atoms with E-state index in [4.69, 9.17) is 19.4 Å². The van der Waals surface area contributed by atoms with Gasteiger partial charge in [0.1, 0.15) is 16.9 Å². The number of nitrogens with zero attached hydrogens (tertiary/aromatic N) is 4. The molecule has 0 saturated heterocycles. The highest BCUT2D eigenvalue weighted by molar-refractivity contribution is 6.00. The fraction of sp³-hybridized carbons (Fsp3) is 0.409. The molecule has 0 aliphatic heterocycles. The van der Waals surface area contributed by atoms with E-state index in [1.165, 1.54) is 0 Å². The summed E-state index contributed by atoms with van der Waals surface area (Å²) in [4.78, 5) is 22.1. The van der Waals surface area contributed by atoms with Gasteiger partial charge in [0.05, 0.1) is 17.6 Å². The summed E-state index contributed by atoms with van der Waals surface area (Å²) in [6.45, 7) is 5.26. The van der Waals surface area contributed by atoms with Gasteiger partial charge < -0.3 is 14.0 Å². The molecule has 0 radical (unpaired) electrons. The molecule has 0 bridgehead atoms. The number of para-hydroxylation sites is 2. The summed E-state index contributed by atoms with van der Waals surface area (Å²) in [5, 5.41) is 0.765. The highest BCUT2D eigenvalue weighted by Crippen LogP contribution is 2.34. The molecule has 0 aliphatic carbocycles. The maximum atomic E-state index is 12.3. The monoisotopic (exact) mass is 394 g/mol. The molecule has 0 atom stereocenters. The Bertz CT molecular complexity index is 1180. The molecular formula is C22H26N4O3. The van der Waals surface area contributed by atoms with Crippen LogP contribution in [0.1, 0.15) is 38.9 Å². The first kappa shape index (κ1) is 19.4. The first-order chi connectivity index (χ1) is 14.2. The van der Waals surface area contributed by atoms with Crippen LogP contribution in [-0.2, 0) is 22.5 Å². The van der Waals surface area contributed by atoms with E-state index in [2.05, 4.69) is 11.3 Å². The molecule has 4 rings (SSSR count). The van der Waals surface area contributed by atoms with E-state index in [9.17, 15) is 4.79 Å². The first-order valence-electron chi connectivity index (χ1n) is 10.2. The number of imidazole rings is 1. The van der Waals surface area contributed by atoms with Gasteiger partial charge >= 0.3 is 5.97 Å². The summed E-state index contributed by atoms with van der Waals surface area (Å²) in [5.41, 5.74) is 3.45. The third-order valence-corrected chi connectivity index (χ3v) is 4.98. The molecule has 0 spiro atoms. The van der Waals surface area contributed by atoms with Gasteiger partial charge in [-0.3, -0.25) is 9.20 Å². The van der Waals surface area contributed by atoms with E-state index >= 15 is 0 Å². The predicted molar refractivity (Wildman–Crippen MR) is 112 cm³/mol. The third-order valence-electron chi connectivity index (χ3n) is 4.98. The lowest BCUT2D eigenvalue weighted by Crippen LogP contribution is -2.07. The van der Waals surface area contributed by atoms with E-state index < -0.39 is 0 Å². The number of carbonyl (C=O) groups excluding carboxylic acids is 1. The van der Waals surface area contributed by atoms with Gasteiger partial charge in [0.15, 0.2) is 11.4 Å². The molecule has 0 unspecified atom stereocenters. The zero-order chi connectivity index (χ0) is 20.4. The SMILES string of the molecule is CCCC(=O)Oc1cn(CCOC)c2nc(CCC)n3c4ccccc4nc3c12. The Kier molecular flexibility index (Phi) is 5.49. The predicted octanol–water partition coefficient (Wildman–Crippen LogP) is 4.14. The fourth-order valence-electron chi connectivity index (χ4n) is 3.69. The maximum absolute atomic E-state index is 12.3. The van der Waals surface area contributed by atoms with Crippen LogP contribution in [0.25, 0.3) is 27.7 Å². The zero-order valence-corrected chi connectivity index (χ0v) is 17.1.